The Hall–Kier alpha value is -1.31. The van der Waals surface area contributed by atoms with Crippen molar-refractivity contribution >= 4 is 11.6 Å². The highest BCUT2D eigenvalue weighted by atomic mass is 35.5. The SMILES string of the molecule is CCCc1ccc(C(C)N[C@H](C)c2ccc(Cl)cc2)cc1. The molecule has 2 heteroatoms. The van der Waals surface area contributed by atoms with E-state index in [2.05, 4.69) is 62.5 Å². The summed E-state index contributed by atoms with van der Waals surface area (Å²) in [4.78, 5) is 0. The molecule has 0 bridgehead atoms. The van der Waals surface area contributed by atoms with E-state index >= 15 is 0 Å². The van der Waals surface area contributed by atoms with Crippen LogP contribution < -0.4 is 5.32 Å². The smallest absolute Gasteiger partial charge is 0.0406 e. The van der Waals surface area contributed by atoms with Crippen LogP contribution >= 0.6 is 11.6 Å². The fourth-order valence-corrected chi connectivity index (χ4v) is 2.71. The van der Waals surface area contributed by atoms with Gasteiger partial charge in [0.15, 0.2) is 0 Å². The zero-order valence-corrected chi connectivity index (χ0v) is 13.8. The fourth-order valence-electron chi connectivity index (χ4n) is 2.58. The molecule has 0 saturated carbocycles. The number of hydrogen-bond donors (Lipinski definition) is 1. The summed E-state index contributed by atoms with van der Waals surface area (Å²) in [5, 5.41) is 4.42. The normalized spacial score (nSPS) is 13.9. The summed E-state index contributed by atoms with van der Waals surface area (Å²) in [6.07, 6.45) is 2.35. The molecule has 0 aliphatic heterocycles. The van der Waals surface area contributed by atoms with Crippen LogP contribution in [0.1, 0.15) is 56.0 Å². The summed E-state index contributed by atoms with van der Waals surface area (Å²) in [6.45, 7) is 6.61. The number of benzene rings is 2. The van der Waals surface area contributed by atoms with Crippen molar-refractivity contribution in [2.24, 2.45) is 0 Å². The first kappa shape index (κ1) is 16.1. The number of halogens is 1. The Morgan fingerprint density at radius 2 is 1.33 bits per heavy atom. The molecule has 112 valence electrons. The summed E-state index contributed by atoms with van der Waals surface area (Å²) in [6, 6.07) is 17.6. The Morgan fingerprint density at radius 1 is 0.857 bits per heavy atom. The van der Waals surface area contributed by atoms with Gasteiger partial charge in [-0.1, -0.05) is 61.3 Å². The van der Waals surface area contributed by atoms with Gasteiger partial charge in [-0.3, -0.25) is 0 Å². The molecule has 2 atom stereocenters. The number of hydrogen-bond acceptors (Lipinski definition) is 1. The van der Waals surface area contributed by atoms with Crippen molar-refractivity contribution in [3.05, 3.63) is 70.2 Å². The van der Waals surface area contributed by atoms with Gasteiger partial charge in [-0.25, -0.2) is 0 Å². The Kier molecular flexibility index (Phi) is 5.84. The summed E-state index contributed by atoms with van der Waals surface area (Å²) in [5.41, 5.74) is 4.00. The second-order valence-electron chi connectivity index (χ2n) is 5.65. The van der Waals surface area contributed by atoms with Crippen molar-refractivity contribution in [3.8, 4) is 0 Å². The van der Waals surface area contributed by atoms with Crippen LogP contribution in [0.5, 0.6) is 0 Å². The first-order chi connectivity index (χ1) is 10.1. The predicted molar refractivity (Wildman–Crippen MR) is 91.9 cm³/mol. The van der Waals surface area contributed by atoms with Crippen LogP contribution in [0.25, 0.3) is 0 Å². The highest BCUT2D eigenvalue weighted by Gasteiger charge is 2.11. The van der Waals surface area contributed by atoms with Crippen LogP contribution in [-0.4, -0.2) is 0 Å². The topological polar surface area (TPSA) is 12.0 Å². The molecule has 0 saturated heterocycles. The molecule has 2 aromatic carbocycles. The minimum Gasteiger partial charge on any atom is -0.304 e. The number of rotatable bonds is 6. The van der Waals surface area contributed by atoms with Crippen LogP contribution in [0.2, 0.25) is 5.02 Å². The standard InChI is InChI=1S/C19H24ClN/c1-4-5-16-6-8-17(9-7-16)14(2)21-15(3)18-10-12-19(20)13-11-18/h6-15,21H,4-5H2,1-3H3/t14?,15-/m1/s1. The van der Waals surface area contributed by atoms with Gasteiger partial charge in [0.25, 0.3) is 0 Å². The van der Waals surface area contributed by atoms with Gasteiger partial charge in [0.1, 0.15) is 0 Å². The molecular formula is C19H24ClN. The van der Waals surface area contributed by atoms with Gasteiger partial charge in [-0.05, 0) is 49.1 Å². The molecular weight excluding hydrogens is 278 g/mol. The van der Waals surface area contributed by atoms with Crippen molar-refractivity contribution < 1.29 is 0 Å². The second-order valence-corrected chi connectivity index (χ2v) is 6.09. The monoisotopic (exact) mass is 301 g/mol. The van der Waals surface area contributed by atoms with Gasteiger partial charge >= 0.3 is 0 Å². The Balaban J connectivity index is 1.99. The zero-order valence-electron chi connectivity index (χ0n) is 13.1. The molecule has 2 aromatic rings. The first-order valence-corrected chi connectivity index (χ1v) is 8.08. The molecule has 0 aliphatic carbocycles. The molecule has 0 heterocycles. The maximum atomic E-state index is 5.94. The van der Waals surface area contributed by atoms with E-state index in [4.69, 9.17) is 11.6 Å². The predicted octanol–water partition coefficient (Wildman–Crippen LogP) is 5.70. The van der Waals surface area contributed by atoms with Gasteiger partial charge in [0.05, 0.1) is 0 Å². The Labute approximate surface area is 133 Å². The van der Waals surface area contributed by atoms with E-state index < -0.39 is 0 Å². The molecule has 0 aromatic heterocycles. The molecule has 0 spiro atoms. The molecule has 1 nitrogen and oxygen atoms in total. The van der Waals surface area contributed by atoms with Crippen molar-refractivity contribution in [1.29, 1.82) is 0 Å². The maximum Gasteiger partial charge on any atom is 0.0406 e. The van der Waals surface area contributed by atoms with Gasteiger partial charge in [-0.15, -0.1) is 0 Å². The van der Waals surface area contributed by atoms with Crippen LogP contribution in [0, 0.1) is 0 Å². The zero-order chi connectivity index (χ0) is 15.2. The third-order valence-electron chi connectivity index (χ3n) is 3.89. The first-order valence-electron chi connectivity index (χ1n) is 7.70. The third-order valence-corrected chi connectivity index (χ3v) is 4.14. The minimum atomic E-state index is 0.299. The largest absolute Gasteiger partial charge is 0.304 e. The number of nitrogens with one attached hydrogen (secondary N) is 1. The average molecular weight is 302 g/mol. The molecule has 0 fully saturated rings. The van der Waals surface area contributed by atoms with Crippen LogP contribution in [-0.2, 0) is 6.42 Å². The van der Waals surface area contributed by atoms with Crippen LogP contribution in [0.15, 0.2) is 48.5 Å². The van der Waals surface area contributed by atoms with Gasteiger partial charge in [0.2, 0.25) is 0 Å². The van der Waals surface area contributed by atoms with E-state index in [9.17, 15) is 0 Å². The molecule has 0 aliphatic rings. The van der Waals surface area contributed by atoms with Crippen molar-refractivity contribution in [2.45, 2.75) is 45.7 Å². The van der Waals surface area contributed by atoms with E-state index in [0.29, 0.717) is 12.1 Å². The summed E-state index contributed by atoms with van der Waals surface area (Å²) in [7, 11) is 0. The van der Waals surface area contributed by atoms with Crippen molar-refractivity contribution in [3.63, 3.8) is 0 Å². The van der Waals surface area contributed by atoms with Crippen molar-refractivity contribution in [1.82, 2.24) is 5.32 Å². The van der Waals surface area contributed by atoms with E-state index in [1.54, 1.807) is 0 Å². The highest BCUT2D eigenvalue weighted by Crippen LogP contribution is 2.21. The van der Waals surface area contributed by atoms with Gasteiger partial charge in [-0.2, -0.15) is 0 Å². The molecule has 0 radical (unpaired) electrons. The van der Waals surface area contributed by atoms with Crippen molar-refractivity contribution in [2.75, 3.05) is 0 Å². The molecule has 1 N–H and O–H groups in total. The highest BCUT2D eigenvalue weighted by molar-refractivity contribution is 6.30. The summed E-state index contributed by atoms with van der Waals surface area (Å²) < 4.78 is 0. The summed E-state index contributed by atoms with van der Waals surface area (Å²) >= 11 is 5.94. The lowest BCUT2D eigenvalue weighted by atomic mass is 10.0. The third kappa shape index (κ3) is 4.59. The Morgan fingerprint density at radius 3 is 1.81 bits per heavy atom. The molecule has 1 unspecified atom stereocenters. The molecule has 2 rings (SSSR count). The van der Waals surface area contributed by atoms with Crippen LogP contribution in [0.4, 0.5) is 0 Å². The van der Waals surface area contributed by atoms with E-state index in [1.807, 2.05) is 12.1 Å². The fraction of sp³-hybridized carbons (Fsp3) is 0.368. The lowest BCUT2D eigenvalue weighted by Gasteiger charge is -2.21. The van der Waals surface area contributed by atoms with Crippen LogP contribution in [0.3, 0.4) is 0 Å². The lowest BCUT2D eigenvalue weighted by Crippen LogP contribution is -2.22. The maximum absolute atomic E-state index is 5.94. The molecule has 0 amide bonds. The minimum absolute atomic E-state index is 0.299. The van der Waals surface area contributed by atoms with E-state index in [-0.39, 0.29) is 0 Å². The lowest BCUT2D eigenvalue weighted by molar-refractivity contribution is 0.494. The number of aryl methyl sites for hydroxylation is 1. The van der Waals surface area contributed by atoms with E-state index in [0.717, 1.165) is 11.4 Å². The van der Waals surface area contributed by atoms with E-state index in [1.165, 1.54) is 23.1 Å². The Bertz CT molecular complexity index is 545. The van der Waals surface area contributed by atoms with Gasteiger partial charge < -0.3 is 5.32 Å². The quantitative estimate of drug-likeness (QED) is 0.721. The molecule has 21 heavy (non-hydrogen) atoms. The average Bonchev–Trinajstić information content (AvgIpc) is 2.49. The van der Waals surface area contributed by atoms with Gasteiger partial charge in [0, 0.05) is 17.1 Å². The second kappa shape index (κ2) is 7.63. The summed E-state index contributed by atoms with van der Waals surface area (Å²) in [5.74, 6) is 0.